The van der Waals surface area contributed by atoms with Gasteiger partial charge in [-0.1, -0.05) is 24.4 Å². The molecular formula is C19H32N10O11P2S2. The van der Waals surface area contributed by atoms with Crippen LogP contribution >= 0.6 is 41.6 Å². The first-order valence-electron chi connectivity index (χ1n) is 12.4. The number of nitrogens with two attached hydrogens (primary N) is 3. The van der Waals surface area contributed by atoms with Crippen LogP contribution in [0.1, 0.15) is 0 Å². The summed E-state index contributed by atoms with van der Waals surface area (Å²) in [6.07, 6.45) is -9.65. The van der Waals surface area contributed by atoms with Gasteiger partial charge in [-0.2, -0.15) is 9.97 Å². The van der Waals surface area contributed by atoms with Gasteiger partial charge in [0.1, 0.15) is 51.2 Å². The van der Waals surface area contributed by atoms with Gasteiger partial charge in [-0.15, -0.1) is 0 Å². The molecule has 4 rings (SSSR count). The maximum atomic E-state index is 11.3. The number of aromatic amines is 2. The summed E-state index contributed by atoms with van der Waals surface area (Å²) in [5.41, 5.74) is 17.7. The van der Waals surface area contributed by atoms with Crippen LogP contribution in [0.25, 0.3) is 0 Å². The number of hydrogen-bond acceptors (Lipinski definition) is 21. The van der Waals surface area contributed by atoms with Gasteiger partial charge in [0.15, 0.2) is 24.1 Å². The van der Waals surface area contributed by atoms with Crippen LogP contribution in [0.5, 0.6) is 0 Å². The maximum absolute atomic E-state index is 11.3. The molecule has 2 aliphatic heterocycles. The maximum Gasteiger partial charge on any atom is 0.330 e. The van der Waals surface area contributed by atoms with E-state index >= 15 is 0 Å². The molecule has 2 aliphatic rings. The van der Waals surface area contributed by atoms with Crippen molar-refractivity contribution in [1.82, 2.24) is 19.9 Å². The first-order chi connectivity index (χ1) is 20.8. The lowest BCUT2D eigenvalue weighted by atomic mass is 10.1. The van der Waals surface area contributed by atoms with E-state index < -0.39 is 73.4 Å². The Morgan fingerprint density at radius 3 is 2.45 bits per heavy atom. The molecule has 21 nitrogen and oxygen atoms in total. The fraction of sp³-hybridized carbons (Fsp3) is 0.579. The second-order valence-corrected chi connectivity index (χ2v) is 11.8. The minimum Gasteiger partial charge on any atom is -0.393 e. The van der Waals surface area contributed by atoms with Gasteiger partial charge in [0.2, 0.25) is 11.9 Å². The highest BCUT2D eigenvalue weighted by molar-refractivity contribution is 7.71. The first kappa shape index (κ1) is 34.7. The van der Waals surface area contributed by atoms with E-state index in [0.29, 0.717) is 5.69 Å². The highest BCUT2D eigenvalue weighted by atomic mass is 32.1. The molecular weight excluding hydrogens is 670 g/mol. The third-order valence-corrected chi connectivity index (χ3v) is 8.23. The predicted molar refractivity (Wildman–Crippen MR) is 161 cm³/mol. The summed E-state index contributed by atoms with van der Waals surface area (Å²) in [5.74, 6) is 0.0967. The molecule has 0 radical (unpaired) electrons. The third-order valence-electron chi connectivity index (χ3n) is 6.43. The van der Waals surface area contributed by atoms with Gasteiger partial charge in [0.25, 0.3) is 0 Å². The average Bonchev–Trinajstić information content (AvgIpc) is 3.50. The Morgan fingerprint density at radius 1 is 1.09 bits per heavy atom. The molecule has 0 bridgehead atoms. The van der Waals surface area contributed by atoms with Gasteiger partial charge in [-0.05, 0) is 0 Å². The minimum atomic E-state index is -2.83. The van der Waals surface area contributed by atoms with E-state index in [1.807, 2.05) is 0 Å². The van der Waals surface area contributed by atoms with E-state index in [0.717, 1.165) is 0 Å². The van der Waals surface area contributed by atoms with Crippen LogP contribution in [-0.4, -0.2) is 120 Å². The Morgan fingerprint density at radius 2 is 1.77 bits per heavy atom. The molecule has 4 heterocycles. The second-order valence-electron chi connectivity index (χ2n) is 9.23. The number of nitrogen functional groups attached to an aromatic ring is 3. The standard InChI is InChI=1S/C19H32N10O11P2S2/c1-36-6(3-37-41(33)34)11(17(32)29-4-23-8-13(29)26-19(22)28-16(8)44)40-42(35)38-2-5-9(30)10(31)14(39-5)24-12-7(20)15(43)27-18(21)25-12/h5-6,9-11,14,17,23,30-35H,2-4,20H2,1H3,(H3,22,26,28,44)(H4,21,24,25,27,43). The molecule has 8 unspecified atom stereocenters. The van der Waals surface area contributed by atoms with Gasteiger partial charge in [-0.25, -0.2) is 0 Å². The zero-order valence-corrected chi connectivity index (χ0v) is 26.1. The van der Waals surface area contributed by atoms with E-state index in [2.05, 4.69) is 30.6 Å². The molecule has 0 amide bonds. The van der Waals surface area contributed by atoms with Gasteiger partial charge >= 0.3 is 17.2 Å². The van der Waals surface area contributed by atoms with Crippen LogP contribution < -0.4 is 32.7 Å². The van der Waals surface area contributed by atoms with Crippen LogP contribution in [0.15, 0.2) is 0 Å². The van der Waals surface area contributed by atoms with E-state index in [4.69, 9.17) is 64.7 Å². The lowest BCUT2D eigenvalue weighted by molar-refractivity contribution is -0.0850. The van der Waals surface area contributed by atoms with Crippen molar-refractivity contribution in [1.29, 1.82) is 0 Å². The Bertz CT molecular complexity index is 1410. The van der Waals surface area contributed by atoms with Crippen molar-refractivity contribution in [3.05, 3.63) is 9.28 Å². The van der Waals surface area contributed by atoms with Crippen LogP contribution in [0.2, 0.25) is 0 Å². The van der Waals surface area contributed by atoms with Crippen molar-refractivity contribution < 1.29 is 53.0 Å². The topological polar surface area (TPSA) is 330 Å². The average molecular weight is 703 g/mol. The number of hydrogen-bond donors (Lipinski definition) is 13. The van der Waals surface area contributed by atoms with Gasteiger partial charge in [0, 0.05) is 7.11 Å². The number of ether oxygens (including phenoxy) is 2. The lowest BCUT2D eigenvalue weighted by Crippen LogP contribution is -2.51. The smallest absolute Gasteiger partial charge is 0.330 e. The Balaban J connectivity index is 1.44. The highest BCUT2D eigenvalue weighted by Crippen LogP contribution is 2.41. The molecule has 2 aromatic heterocycles. The van der Waals surface area contributed by atoms with Crippen molar-refractivity contribution >= 4 is 76.5 Å². The van der Waals surface area contributed by atoms with E-state index in [1.54, 1.807) is 0 Å². The monoisotopic (exact) mass is 702 g/mol. The fourth-order valence-corrected chi connectivity index (χ4v) is 5.79. The summed E-state index contributed by atoms with van der Waals surface area (Å²) in [6.45, 7) is -0.979. The number of rotatable bonds is 14. The third kappa shape index (κ3) is 7.96. The number of aliphatic hydroxyl groups excluding tert-OH is 3. The summed E-state index contributed by atoms with van der Waals surface area (Å²) in [7, 11) is -4.39. The summed E-state index contributed by atoms with van der Waals surface area (Å²) < 4.78 is 27.2. The molecule has 2 aromatic rings. The minimum absolute atomic E-state index is 0.00571. The van der Waals surface area contributed by atoms with Gasteiger partial charge in [0.05, 0.1) is 19.9 Å². The Labute approximate surface area is 261 Å². The van der Waals surface area contributed by atoms with E-state index in [1.165, 1.54) is 12.0 Å². The zero-order valence-electron chi connectivity index (χ0n) is 22.7. The molecule has 0 saturated carbocycles. The fourth-order valence-electron chi connectivity index (χ4n) is 4.25. The molecule has 44 heavy (non-hydrogen) atoms. The molecule has 1 saturated heterocycles. The largest absolute Gasteiger partial charge is 0.393 e. The van der Waals surface area contributed by atoms with Gasteiger partial charge < -0.3 is 95.7 Å². The molecule has 0 aromatic carbocycles. The van der Waals surface area contributed by atoms with Crippen molar-refractivity contribution in [3.63, 3.8) is 0 Å². The Hall–Kier alpha value is -2.18. The molecule has 0 spiro atoms. The number of nitrogens with one attached hydrogen (secondary N) is 4. The van der Waals surface area contributed by atoms with Crippen LogP contribution in [0.4, 0.5) is 34.9 Å². The second kappa shape index (κ2) is 14.9. The number of methoxy groups -OCH3 is 1. The van der Waals surface area contributed by atoms with Crippen molar-refractivity contribution in [2.45, 2.75) is 43.0 Å². The normalized spacial score (nSPS) is 24.1. The first-order valence-corrected chi connectivity index (χ1v) is 15.6. The summed E-state index contributed by atoms with van der Waals surface area (Å²) >= 11 is 10.3. The SMILES string of the molecule is COC(COP(O)O)C(OP(O)OCC1OC(Nc2nc(N)[nH]c(=S)c2N)C(O)C1O)C(O)N1CNc2c1nc(N)[nH]c2=S. The number of fused-ring (bicyclic) bond motifs is 1. The highest BCUT2D eigenvalue weighted by Gasteiger charge is 2.45. The molecule has 1 fully saturated rings. The lowest BCUT2D eigenvalue weighted by Gasteiger charge is -2.35. The van der Waals surface area contributed by atoms with Crippen LogP contribution in [0, 0.1) is 9.28 Å². The quantitative estimate of drug-likeness (QED) is 0.0768. The van der Waals surface area contributed by atoms with E-state index in [9.17, 15) is 30.0 Å². The predicted octanol–water partition coefficient (Wildman–Crippen LogP) is -1.73. The molecule has 16 N–H and O–H groups in total. The van der Waals surface area contributed by atoms with Crippen LogP contribution in [-0.2, 0) is 23.0 Å². The molecule has 246 valence electrons. The molecule has 8 atom stereocenters. The summed E-state index contributed by atoms with van der Waals surface area (Å²) in [6, 6.07) is 0. The number of aromatic nitrogens is 4. The summed E-state index contributed by atoms with van der Waals surface area (Å²) in [4.78, 5) is 43.8. The van der Waals surface area contributed by atoms with Crippen LogP contribution in [0.3, 0.4) is 0 Å². The summed E-state index contributed by atoms with van der Waals surface area (Å²) in [5, 5.41) is 38.0. The van der Waals surface area contributed by atoms with Crippen molar-refractivity contribution in [2.24, 2.45) is 0 Å². The zero-order chi connectivity index (χ0) is 32.3. The van der Waals surface area contributed by atoms with E-state index in [-0.39, 0.29) is 45.2 Å². The molecule has 0 aliphatic carbocycles. The van der Waals surface area contributed by atoms with Crippen molar-refractivity contribution in [2.75, 3.05) is 59.7 Å². The molecule has 25 heteroatoms. The van der Waals surface area contributed by atoms with Gasteiger partial charge in [-0.3, -0.25) is 0 Å². The Kier molecular flexibility index (Phi) is 11.8. The number of aliphatic hydroxyl groups is 3. The number of anilines is 6. The van der Waals surface area contributed by atoms with Crippen molar-refractivity contribution in [3.8, 4) is 0 Å². The number of nitrogens with zero attached hydrogens (tertiary/aromatic N) is 3. The number of H-pyrrole nitrogens is 2.